The zero-order valence-electron chi connectivity index (χ0n) is 13.6. The van der Waals surface area contributed by atoms with Gasteiger partial charge < -0.3 is 19.4 Å². The predicted molar refractivity (Wildman–Crippen MR) is 85.6 cm³/mol. The maximum absolute atomic E-state index is 12.2. The summed E-state index contributed by atoms with van der Waals surface area (Å²) in [5.74, 6) is -1.77. The van der Waals surface area contributed by atoms with Crippen molar-refractivity contribution in [1.82, 2.24) is 0 Å². The summed E-state index contributed by atoms with van der Waals surface area (Å²) >= 11 is 0. The van der Waals surface area contributed by atoms with Gasteiger partial charge in [0.1, 0.15) is 11.3 Å². The van der Waals surface area contributed by atoms with Gasteiger partial charge in [-0.05, 0) is 44.9 Å². The lowest BCUT2D eigenvalue weighted by atomic mass is 10.0. The van der Waals surface area contributed by atoms with Crippen LogP contribution in [-0.4, -0.2) is 28.3 Å². The van der Waals surface area contributed by atoms with Crippen LogP contribution in [0.1, 0.15) is 30.0 Å². The number of fused-ring (bicyclic) bond motifs is 1. The molecule has 2 N–H and O–H groups in total. The van der Waals surface area contributed by atoms with Crippen LogP contribution in [0.3, 0.4) is 0 Å². The minimum atomic E-state index is -1.10. The minimum absolute atomic E-state index is 0.0901. The van der Waals surface area contributed by atoms with Crippen LogP contribution in [0.15, 0.2) is 21.3 Å². The van der Waals surface area contributed by atoms with Crippen molar-refractivity contribution in [2.45, 2.75) is 39.7 Å². The third kappa shape index (κ3) is 3.40. The van der Waals surface area contributed by atoms with Crippen molar-refractivity contribution in [3.8, 4) is 5.75 Å². The lowest BCUT2D eigenvalue weighted by Crippen LogP contribution is -2.23. The molecule has 7 heteroatoms. The van der Waals surface area contributed by atoms with E-state index in [9.17, 15) is 14.4 Å². The number of carboxylic acid groups (broad SMARTS) is 2. The Morgan fingerprint density at radius 2 is 1.88 bits per heavy atom. The summed E-state index contributed by atoms with van der Waals surface area (Å²) < 4.78 is 10.7. The van der Waals surface area contributed by atoms with E-state index in [-0.39, 0.29) is 12.8 Å². The quantitative estimate of drug-likeness (QED) is 0.779. The van der Waals surface area contributed by atoms with Crippen molar-refractivity contribution >= 4 is 22.9 Å². The molecule has 2 rings (SSSR count). The zero-order valence-corrected chi connectivity index (χ0v) is 13.6. The van der Waals surface area contributed by atoms with Crippen LogP contribution in [0.2, 0.25) is 0 Å². The Bertz CT molecular complexity index is 863. The van der Waals surface area contributed by atoms with Gasteiger partial charge in [-0.15, -0.1) is 0 Å². The van der Waals surface area contributed by atoms with E-state index in [4.69, 9.17) is 19.4 Å². The predicted octanol–water partition coefficient (Wildman–Crippen LogP) is 2.28. The highest BCUT2D eigenvalue weighted by Crippen LogP contribution is 2.30. The van der Waals surface area contributed by atoms with Gasteiger partial charge in [-0.1, -0.05) is 0 Å². The van der Waals surface area contributed by atoms with E-state index in [0.717, 1.165) is 0 Å². The highest BCUT2D eigenvalue weighted by molar-refractivity contribution is 5.86. The molecule has 1 heterocycles. The average Bonchev–Trinajstić information content (AvgIpc) is 2.49. The van der Waals surface area contributed by atoms with Crippen LogP contribution in [0.5, 0.6) is 5.75 Å². The van der Waals surface area contributed by atoms with Crippen LogP contribution >= 0.6 is 0 Å². The van der Waals surface area contributed by atoms with E-state index < -0.39 is 23.7 Å². The number of carbonyl (C=O) groups is 2. The molecule has 24 heavy (non-hydrogen) atoms. The molecular formula is C17H18O7. The van der Waals surface area contributed by atoms with Gasteiger partial charge in [-0.2, -0.15) is 0 Å². The first-order valence-corrected chi connectivity index (χ1v) is 7.39. The topological polar surface area (TPSA) is 114 Å². The molecule has 0 amide bonds. The van der Waals surface area contributed by atoms with Crippen molar-refractivity contribution < 1.29 is 29.0 Å². The number of aliphatic carboxylic acids is 2. The fourth-order valence-electron chi connectivity index (χ4n) is 2.46. The van der Waals surface area contributed by atoms with E-state index in [1.54, 1.807) is 26.0 Å². The Morgan fingerprint density at radius 3 is 2.46 bits per heavy atom. The molecule has 0 radical (unpaired) electrons. The molecule has 0 aliphatic carbocycles. The number of hydrogen-bond donors (Lipinski definition) is 2. The number of rotatable bonds is 6. The van der Waals surface area contributed by atoms with Crippen molar-refractivity contribution in [3.05, 3.63) is 39.2 Å². The van der Waals surface area contributed by atoms with Crippen molar-refractivity contribution in [1.29, 1.82) is 0 Å². The van der Waals surface area contributed by atoms with E-state index in [0.29, 0.717) is 33.4 Å². The highest BCUT2D eigenvalue weighted by Gasteiger charge is 2.18. The summed E-state index contributed by atoms with van der Waals surface area (Å²) in [4.78, 5) is 33.8. The second-order valence-electron chi connectivity index (χ2n) is 5.55. The normalized spacial score (nSPS) is 12.1. The average molecular weight is 334 g/mol. The summed E-state index contributed by atoms with van der Waals surface area (Å²) in [5.41, 5.74) is 1.23. The highest BCUT2D eigenvalue weighted by atomic mass is 16.5. The molecule has 1 aromatic carbocycles. The van der Waals surface area contributed by atoms with E-state index in [1.165, 1.54) is 6.92 Å². The van der Waals surface area contributed by atoms with E-state index in [2.05, 4.69) is 0 Å². The number of carboxylic acids is 2. The molecule has 0 aliphatic rings. The molecule has 2 aromatic rings. The first kappa shape index (κ1) is 17.5. The smallest absolute Gasteiger partial charge is 0.344 e. The van der Waals surface area contributed by atoms with Crippen molar-refractivity contribution in [3.63, 3.8) is 0 Å². The van der Waals surface area contributed by atoms with Crippen molar-refractivity contribution in [2.75, 3.05) is 0 Å². The molecule has 128 valence electrons. The monoisotopic (exact) mass is 334 g/mol. The van der Waals surface area contributed by atoms with Gasteiger partial charge in [0.05, 0.1) is 0 Å². The molecule has 0 spiro atoms. The standard InChI is InChI=1S/C17H18O7/c1-8-11-4-6-13(23-10(3)16(20)21)9(2)15(11)24-17(22)12(8)5-7-14(18)19/h4,6,10H,5,7H2,1-3H3,(H,18,19)(H,20,21). The van der Waals surface area contributed by atoms with Crippen LogP contribution in [0.4, 0.5) is 0 Å². The summed E-state index contributed by atoms with van der Waals surface area (Å²) in [5, 5.41) is 18.4. The van der Waals surface area contributed by atoms with E-state index in [1.807, 2.05) is 0 Å². The Balaban J connectivity index is 2.53. The summed E-state index contributed by atoms with van der Waals surface area (Å²) in [6, 6.07) is 3.29. The SMILES string of the molecule is Cc1c(CCC(=O)O)c(=O)oc2c(C)c(OC(C)C(=O)O)ccc12. The van der Waals surface area contributed by atoms with Gasteiger partial charge >= 0.3 is 17.6 Å². The van der Waals surface area contributed by atoms with Gasteiger partial charge in [-0.25, -0.2) is 9.59 Å². The van der Waals surface area contributed by atoms with E-state index >= 15 is 0 Å². The van der Waals surface area contributed by atoms with Gasteiger partial charge in [0.25, 0.3) is 0 Å². The molecule has 0 fully saturated rings. The first-order chi connectivity index (χ1) is 11.2. The molecular weight excluding hydrogens is 316 g/mol. The maximum atomic E-state index is 12.2. The fraction of sp³-hybridized carbons (Fsp3) is 0.353. The van der Waals surface area contributed by atoms with Crippen molar-refractivity contribution in [2.24, 2.45) is 0 Å². The van der Waals surface area contributed by atoms with Gasteiger partial charge in [0.15, 0.2) is 6.10 Å². The second-order valence-corrected chi connectivity index (χ2v) is 5.55. The molecule has 1 unspecified atom stereocenters. The number of aryl methyl sites for hydroxylation is 2. The maximum Gasteiger partial charge on any atom is 0.344 e. The van der Waals surface area contributed by atoms with Gasteiger partial charge in [0.2, 0.25) is 0 Å². The Morgan fingerprint density at radius 1 is 1.21 bits per heavy atom. The van der Waals surface area contributed by atoms with Crippen LogP contribution < -0.4 is 10.4 Å². The molecule has 0 aliphatic heterocycles. The lowest BCUT2D eigenvalue weighted by molar-refractivity contribution is -0.144. The Labute approximate surface area is 137 Å². The summed E-state index contributed by atoms with van der Waals surface area (Å²) in [7, 11) is 0. The van der Waals surface area contributed by atoms with Gasteiger partial charge in [-0.3, -0.25) is 4.79 Å². The zero-order chi connectivity index (χ0) is 18.0. The molecule has 0 saturated heterocycles. The second kappa shape index (κ2) is 6.74. The Hall–Kier alpha value is -2.83. The summed E-state index contributed by atoms with van der Waals surface area (Å²) in [6.45, 7) is 4.81. The molecule has 7 nitrogen and oxygen atoms in total. The molecule has 0 saturated carbocycles. The van der Waals surface area contributed by atoms with Crippen LogP contribution in [-0.2, 0) is 16.0 Å². The minimum Gasteiger partial charge on any atom is -0.481 e. The lowest BCUT2D eigenvalue weighted by Gasteiger charge is -2.15. The third-order valence-corrected chi connectivity index (χ3v) is 3.89. The number of hydrogen-bond acceptors (Lipinski definition) is 5. The third-order valence-electron chi connectivity index (χ3n) is 3.89. The molecule has 0 bridgehead atoms. The van der Waals surface area contributed by atoms with Crippen LogP contribution in [0, 0.1) is 13.8 Å². The van der Waals surface area contributed by atoms with Crippen LogP contribution in [0.25, 0.3) is 11.0 Å². The molecule has 1 aromatic heterocycles. The largest absolute Gasteiger partial charge is 0.481 e. The first-order valence-electron chi connectivity index (χ1n) is 7.39. The Kier molecular flexibility index (Phi) is 4.92. The fourth-order valence-corrected chi connectivity index (χ4v) is 2.46. The van der Waals surface area contributed by atoms with Gasteiger partial charge in [0, 0.05) is 22.9 Å². The summed E-state index contributed by atoms with van der Waals surface area (Å²) in [6.07, 6.45) is -1.11. The number of ether oxygens (including phenoxy) is 1. The molecule has 1 atom stereocenters. The number of benzene rings is 1.